The van der Waals surface area contributed by atoms with E-state index in [9.17, 15) is 9.59 Å². The highest BCUT2D eigenvalue weighted by atomic mass is 16.5. The number of piperidine rings is 1. The van der Waals surface area contributed by atoms with Crippen molar-refractivity contribution in [2.45, 2.75) is 32.9 Å². The average Bonchev–Trinajstić information content (AvgIpc) is 3.36. The van der Waals surface area contributed by atoms with Crippen LogP contribution >= 0.6 is 0 Å². The number of hydrogen-bond acceptors (Lipinski definition) is 6. The molecule has 0 unspecified atom stereocenters. The molecule has 1 amide bonds. The third-order valence-corrected chi connectivity index (χ3v) is 4.75. The van der Waals surface area contributed by atoms with E-state index >= 15 is 0 Å². The summed E-state index contributed by atoms with van der Waals surface area (Å²) < 4.78 is 15.9. The second kappa shape index (κ2) is 9.41. The maximum Gasteiger partial charge on any atom is 0.309 e. The van der Waals surface area contributed by atoms with Crippen LogP contribution in [0.3, 0.4) is 0 Å². The summed E-state index contributed by atoms with van der Waals surface area (Å²) in [7, 11) is 0. The van der Waals surface area contributed by atoms with Gasteiger partial charge in [0.15, 0.2) is 0 Å². The first-order valence-electron chi connectivity index (χ1n) is 9.37. The summed E-state index contributed by atoms with van der Waals surface area (Å²) in [4.78, 5) is 28.5. The summed E-state index contributed by atoms with van der Waals surface area (Å²) in [6.07, 6.45) is 4.56. The van der Waals surface area contributed by atoms with Crippen LogP contribution in [0.25, 0.3) is 0 Å². The number of furan rings is 2. The molecular formula is C20H26N2O5. The first-order valence-corrected chi connectivity index (χ1v) is 9.37. The predicted molar refractivity (Wildman–Crippen MR) is 97.5 cm³/mol. The van der Waals surface area contributed by atoms with Crippen molar-refractivity contribution in [1.29, 1.82) is 0 Å². The molecule has 0 spiro atoms. The lowest BCUT2D eigenvalue weighted by Gasteiger charge is -2.32. The van der Waals surface area contributed by atoms with Gasteiger partial charge in [-0.1, -0.05) is 0 Å². The summed E-state index contributed by atoms with van der Waals surface area (Å²) in [5.74, 6) is 1.40. The third kappa shape index (κ3) is 5.47. The molecule has 3 heterocycles. The summed E-state index contributed by atoms with van der Waals surface area (Å²) >= 11 is 0. The number of amides is 1. The lowest BCUT2D eigenvalue weighted by Crippen LogP contribution is -2.45. The van der Waals surface area contributed by atoms with Crippen LogP contribution in [0.2, 0.25) is 0 Å². The molecular weight excluding hydrogens is 348 g/mol. The van der Waals surface area contributed by atoms with Gasteiger partial charge in [0.1, 0.15) is 11.5 Å². The smallest absolute Gasteiger partial charge is 0.309 e. The summed E-state index contributed by atoms with van der Waals surface area (Å²) in [5.41, 5.74) is 0. The van der Waals surface area contributed by atoms with E-state index in [4.69, 9.17) is 13.6 Å². The Labute approximate surface area is 158 Å². The van der Waals surface area contributed by atoms with Crippen LogP contribution in [0, 0.1) is 5.92 Å². The minimum Gasteiger partial charge on any atom is -0.468 e. The Morgan fingerprint density at radius 1 is 1.11 bits per heavy atom. The number of rotatable bonds is 8. The highest BCUT2D eigenvalue weighted by Crippen LogP contribution is 2.19. The standard InChI is InChI=1S/C20H26N2O5/c1-2-25-20(24)16-7-9-22(10-8-16)19(23)15-21(13-17-5-3-11-26-17)14-18-6-4-12-27-18/h3-6,11-12,16H,2,7-10,13-15H2,1H3. The number of carbonyl (C=O) groups excluding carboxylic acids is 2. The molecule has 0 saturated carbocycles. The highest BCUT2D eigenvalue weighted by molar-refractivity contribution is 5.79. The molecule has 2 aromatic heterocycles. The Morgan fingerprint density at radius 3 is 2.19 bits per heavy atom. The van der Waals surface area contributed by atoms with Gasteiger partial charge in [0.05, 0.1) is 44.7 Å². The molecule has 1 fully saturated rings. The van der Waals surface area contributed by atoms with Gasteiger partial charge in [-0.25, -0.2) is 0 Å². The molecule has 7 nitrogen and oxygen atoms in total. The largest absolute Gasteiger partial charge is 0.468 e. The van der Waals surface area contributed by atoms with Crippen molar-refractivity contribution in [3.63, 3.8) is 0 Å². The molecule has 1 saturated heterocycles. The van der Waals surface area contributed by atoms with Crippen molar-refractivity contribution in [3.8, 4) is 0 Å². The Kier molecular flexibility index (Phi) is 6.70. The number of likely N-dealkylation sites (tertiary alicyclic amines) is 1. The molecule has 27 heavy (non-hydrogen) atoms. The van der Waals surface area contributed by atoms with Gasteiger partial charge in [0, 0.05) is 13.1 Å². The molecule has 0 N–H and O–H groups in total. The molecule has 0 aliphatic carbocycles. The molecule has 7 heteroatoms. The Morgan fingerprint density at radius 2 is 1.70 bits per heavy atom. The van der Waals surface area contributed by atoms with Gasteiger partial charge in [-0.2, -0.15) is 0 Å². The number of esters is 1. The Hall–Kier alpha value is -2.54. The Balaban J connectivity index is 1.55. The highest BCUT2D eigenvalue weighted by Gasteiger charge is 2.29. The maximum absolute atomic E-state index is 12.8. The number of nitrogens with zero attached hydrogens (tertiary/aromatic N) is 2. The molecule has 0 atom stereocenters. The van der Waals surface area contributed by atoms with Gasteiger partial charge in [0.25, 0.3) is 0 Å². The topological polar surface area (TPSA) is 76.1 Å². The van der Waals surface area contributed by atoms with E-state index in [1.165, 1.54) is 0 Å². The predicted octanol–water partition coefficient (Wildman–Crippen LogP) is 2.68. The van der Waals surface area contributed by atoms with E-state index in [0.717, 1.165) is 11.5 Å². The zero-order chi connectivity index (χ0) is 19.1. The maximum atomic E-state index is 12.8. The van der Waals surface area contributed by atoms with Crippen LogP contribution in [0.1, 0.15) is 31.3 Å². The molecule has 0 aromatic carbocycles. The van der Waals surface area contributed by atoms with Gasteiger partial charge in [-0.15, -0.1) is 0 Å². The van der Waals surface area contributed by atoms with Crippen molar-refractivity contribution in [2.75, 3.05) is 26.2 Å². The zero-order valence-corrected chi connectivity index (χ0v) is 15.6. The molecule has 1 aliphatic heterocycles. The van der Waals surface area contributed by atoms with E-state index in [-0.39, 0.29) is 24.3 Å². The molecule has 1 aliphatic rings. The minimum absolute atomic E-state index is 0.0513. The molecule has 0 radical (unpaired) electrons. The van der Waals surface area contributed by atoms with Gasteiger partial charge in [-0.05, 0) is 44.0 Å². The van der Waals surface area contributed by atoms with Crippen LogP contribution in [0.15, 0.2) is 45.6 Å². The van der Waals surface area contributed by atoms with Gasteiger partial charge < -0.3 is 18.5 Å². The zero-order valence-electron chi connectivity index (χ0n) is 15.6. The monoisotopic (exact) mass is 374 g/mol. The van der Waals surface area contributed by atoms with E-state index in [1.54, 1.807) is 12.5 Å². The average molecular weight is 374 g/mol. The van der Waals surface area contributed by atoms with E-state index in [1.807, 2.05) is 41.0 Å². The number of hydrogen-bond donors (Lipinski definition) is 0. The van der Waals surface area contributed by atoms with E-state index in [0.29, 0.717) is 45.6 Å². The van der Waals surface area contributed by atoms with Crippen LogP contribution in [0.5, 0.6) is 0 Å². The van der Waals surface area contributed by atoms with E-state index < -0.39 is 0 Å². The van der Waals surface area contributed by atoms with Crippen molar-refractivity contribution < 1.29 is 23.2 Å². The van der Waals surface area contributed by atoms with Crippen molar-refractivity contribution in [1.82, 2.24) is 9.80 Å². The molecule has 0 bridgehead atoms. The van der Waals surface area contributed by atoms with Crippen LogP contribution < -0.4 is 0 Å². The molecule has 3 rings (SSSR count). The first kappa shape index (κ1) is 19.2. The minimum atomic E-state index is -0.151. The SMILES string of the molecule is CCOC(=O)C1CCN(C(=O)CN(Cc2ccco2)Cc2ccco2)CC1. The fourth-order valence-electron chi connectivity index (χ4n) is 3.33. The summed E-state index contributed by atoms with van der Waals surface area (Å²) in [6, 6.07) is 7.46. The third-order valence-electron chi connectivity index (χ3n) is 4.75. The molecule has 146 valence electrons. The number of ether oxygens (including phenoxy) is 1. The normalized spacial score (nSPS) is 15.3. The van der Waals surface area contributed by atoms with Gasteiger partial charge in [0.2, 0.25) is 5.91 Å². The quantitative estimate of drug-likeness (QED) is 0.661. The van der Waals surface area contributed by atoms with Crippen molar-refractivity contribution in [2.24, 2.45) is 5.92 Å². The number of carbonyl (C=O) groups is 2. The lowest BCUT2D eigenvalue weighted by molar-refractivity contribution is -0.151. The van der Waals surface area contributed by atoms with Crippen LogP contribution in [-0.2, 0) is 27.4 Å². The van der Waals surface area contributed by atoms with Gasteiger partial charge in [-0.3, -0.25) is 14.5 Å². The second-order valence-electron chi connectivity index (χ2n) is 6.71. The lowest BCUT2D eigenvalue weighted by atomic mass is 9.97. The second-order valence-corrected chi connectivity index (χ2v) is 6.71. The van der Waals surface area contributed by atoms with E-state index in [2.05, 4.69) is 0 Å². The summed E-state index contributed by atoms with van der Waals surface area (Å²) in [6.45, 7) is 4.69. The fraction of sp³-hybridized carbons (Fsp3) is 0.500. The fourth-order valence-corrected chi connectivity index (χ4v) is 3.33. The van der Waals surface area contributed by atoms with Crippen LogP contribution in [-0.4, -0.2) is 47.9 Å². The summed E-state index contributed by atoms with van der Waals surface area (Å²) in [5, 5.41) is 0. The first-order chi connectivity index (χ1) is 13.2. The molecule has 2 aromatic rings. The van der Waals surface area contributed by atoms with Gasteiger partial charge >= 0.3 is 5.97 Å². The van der Waals surface area contributed by atoms with Crippen LogP contribution in [0.4, 0.5) is 0 Å². The van der Waals surface area contributed by atoms with Crippen molar-refractivity contribution >= 4 is 11.9 Å². The van der Waals surface area contributed by atoms with Crippen molar-refractivity contribution in [3.05, 3.63) is 48.3 Å². The Bertz CT molecular complexity index is 667.